The van der Waals surface area contributed by atoms with Crippen molar-refractivity contribution < 1.29 is 9.72 Å². The highest BCUT2D eigenvalue weighted by Gasteiger charge is 2.21. The highest BCUT2D eigenvalue weighted by molar-refractivity contribution is 7.13. The summed E-state index contributed by atoms with van der Waals surface area (Å²) in [5.41, 5.74) is 3.42. The fraction of sp³-hybridized carbons (Fsp3) is 0.240. The Morgan fingerprint density at radius 1 is 1.03 bits per heavy atom. The third-order valence-electron chi connectivity index (χ3n) is 6.16. The molecule has 1 saturated heterocycles. The van der Waals surface area contributed by atoms with E-state index in [0.717, 1.165) is 38.3 Å². The summed E-state index contributed by atoms with van der Waals surface area (Å²) in [5, 5.41) is 16.1. The van der Waals surface area contributed by atoms with Crippen molar-refractivity contribution in [3.8, 4) is 22.6 Å². The molecule has 1 aliphatic rings. The van der Waals surface area contributed by atoms with E-state index in [1.165, 1.54) is 29.0 Å². The number of aromatic amines is 1. The lowest BCUT2D eigenvalue weighted by molar-refractivity contribution is -0.384. The summed E-state index contributed by atoms with van der Waals surface area (Å²) in [4.78, 5) is 40.4. The van der Waals surface area contributed by atoms with Crippen molar-refractivity contribution in [2.75, 3.05) is 38.5 Å². The number of rotatable bonds is 7. The van der Waals surface area contributed by atoms with Gasteiger partial charge in [-0.15, -0.1) is 48.6 Å². The zero-order chi connectivity index (χ0) is 25.1. The van der Waals surface area contributed by atoms with E-state index in [2.05, 4.69) is 44.3 Å². The quantitative estimate of drug-likeness (QED) is 0.213. The maximum Gasteiger partial charge on any atom is 0.276 e. The van der Waals surface area contributed by atoms with E-state index in [-0.39, 0.29) is 48.8 Å². The van der Waals surface area contributed by atoms with Crippen molar-refractivity contribution in [2.24, 2.45) is 0 Å². The highest BCUT2D eigenvalue weighted by Crippen LogP contribution is 2.28. The lowest BCUT2D eigenvalue weighted by Gasteiger charge is -2.32. The van der Waals surface area contributed by atoms with E-state index >= 15 is 0 Å². The number of thiazole rings is 1. The van der Waals surface area contributed by atoms with Gasteiger partial charge in [-0.05, 0) is 24.7 Å². The van der Waals surface area contributed by atoms with Crippen LogP contribution in [-0.2, 0) is 6.54 Å². The first kappa shape index (κ1) is 32.2. The zero-order valence-electron chi connectivity index (χ0n) is 20.9. The number of anilines is 1. The van der Waals surface area contributed by atoms with Crippen LogP contribution in [0, 0.1) is 10.1 Å². The van der Waals surface area contributed by atoms with Gasteiger partial charge in [0.25, 0.3) is 11.6 Å². The summed E-state index contributed by atoms with van der Waals surface area (Å²) in [7, 11) is 2.14. The molecule has 0 atom stereocenters. The fourth-order valence-corrected chi connectivity index (χ4v) is 4.63. The molecule has 0 radical (unpaired) electrons. The molecule has 1 amide bonds. The molecule has 10 nitrogen and oxygen atoms in total. The molecular weight excluding hydrogens is 585 g/mol. The number of non-ortho nitro benzene ring substituents is 1. The van der Waals surface area contributed by atoms with Crippen LogP contribution >= 0.6 is 48.6 Å². The molecule has 1 fully saturated rings. The number of halogens is 3. The van der Waals surface area contributed by atoms with Crippen LogP contribution in [0.2, 0.25) is 0 Å². The number of nitro groups is 1. The van der Waals surface area contributed by atoms with Gasteiger partial charge in [-0.2, -0.15) is 0 Å². The molecule has 5 rings (SSSR count). The number of likely N-dealkylation sites (N-methyl/N-ethyl adjacent to an activating group) is 1. The predicted octanol–water partition coefficient (Wildman–Crippen LogP) is 5.37. The summed E-state index contributed by atoms with van der Waals surface area (Å²) in [6.45, 7) is 5.08. The van der Waals surface area contributed by atoms with Crippen LogP contribution in [0.3, 0.4) is 0 Å². The average Bonchev–Trinajstić information content (AvgIpc) is 3.56. The first-order chi connectivity index (χ1) is 17.5. The Morgan fingerprint density at radius 2 is 1.67 bits per heavy atom. The summed E-state index contributed by atoms with van der Waals surface area (Å²) in [6, 6.07) is 14.1. The number of H-pyrrole nitrogens is 1. The number of hydrogen-bond donors (Lipinski definition) is 2. The molecule has 208 valence electrons. The Hall–Kier alpha value is -3.06. The monoisotopic (exact) mass is 611 g/mol. The Kier molecular flexibility index (Phi) is 11.8. The number of imidazole rings is 1. The minimum atomic E-state index is -0.450. The van der Waals surface area contributed by atoms with Crippen molar-refractivity contribution in [3.63, 3.8) is 0 Å². The molecule has 0 aliphatic carbocycles. The topological polar surface area (TPSA) is 120 Å². The second-order valence-electron chi connectivity index (χ2n) is 8.68. The van der Waals surface area contributed by atoms with Crippen molar-refractivity contribution in [3.05, 3.63) is 81.5 Å². The van der Waals surface area contributed by atoms with Crippen LogP contribution in [0.15, 0.2) is 60.1 Å². The molecule has 0 unspecified atom stereocenters. The van der Waals surface area contributed by atoms with Gasteiger partial charge in [0, 0.05) is 67.6 Å². The average molecular weight is 613 g/mol. The van der Waals surface area contributed by atoms with Gasteiger partial charge in [0.1, 0.15) is 17.2 Å². The molecule has 2 aromatic carbocycles. The lowest BCUT2D eigenvalue weighted by atomic mass is 10.1. The number of amides is 1. The van der Waals surface area contributed by atoms with Gasteiger partial charge in [0.2, 0.25) is 0 Å². The number of benzene rings is 2. The minimum Gasteiger partial charge on any atom is -0.333 e. The lowest BCUT2D eigenvalue weighted by Crippen LogP contribution is -2.43. The van der Waals surface area contributed by atoms with E-state index in [9.17, 15) is 14.9 Å². The number of nitrogens with one attached hydrogen (secondary N) is 2. The molecule has 1 aliphatic heterocycles. The van der Waals surface area contributed by atoms with Gasteiger partial charge in [-0.1, -0.05) is 24.3 Å². The van der Waals surface area contributed by atoms with Gasteiger partial charge >= 0.3 is 0 Å². The van der Waals surface area contributed by atoms with Crippen molar-refractivity contribution in [2.45, 2.75) is 6.54 Å². The van der Waals surface area contributed by atoms with E-state index in [4.69, 9.17) is 4.98 Å². The van der Waals surface area contributed by atoms with Crippen LogP contribution in [0.4, 0.5) is 10.8 Å². The number of hydrogen-bond acceptors (Lipinski definition) is 8. The molecule has 2 aromatic heterocycles. The molecule has 0 bridgehead atoms. The smallest absolute Gasteiger partial charge is 0.276 e. The minimum absolute atomic E-state index is 0. The third-order valence-corrected chi connectivity index (χ3v) is 6.85. The number of carbonyl (C=O) groups is 1. The first-order valence-electron chi connectivity index (χ1n) is 11.5. The summed E-state index contributed by atoms with van der Waals surface area (Å²) >= 11 is 1.32. The molecule has 3 heterocycles. The van der Waals surface area contributed by atoms with E-state index < -0.39 is 4.92 Å². The molecule has 0 spiro atoms. The molecule has 39 heavy (non-hydrogen) atoms. The highest BCUT2D eigenvalue weighted by atomic mass is 35.5. The number of carbonyl (C=O) groups excluding carboxylic acids is 1. The van der Waals surface area contributed by atoms with Gasteiger partial charge in [-0.3, -0.25) is 25.1 Å². The maximum atomic E-state index is 13.1. The van der Waals surface area contributed by atoms with Crippen molar-refractivity contribution in [1.29, 1.82) is 0 Å². The maximum absolute atomic E-state index is 13.1. The summed E-state index contributed by atoms with van der Waals surface area (Å²) in [5.74, 6) is 0.0906. The van der Waals surface area contributed by atoms with Gasteiger partial charge in [0.15, 0.2) is 5.13 Å². The van der Waals surface area contributed by atoms with Crippen LogP contribution in [-0.4, -0.2) is 68.8 Å². The van der Waals surface area contributed by atoms with Crippen molar-refractivity contribution in [1.82, 2.24) is 24.8 Å². The van der Waals surface area contributed by atoms with Gasteiger partial charge < -0.3 is 9.88 Å². The third kappa shape index (κ3) is 7.75. The van der Waals surface area contributed by atoms with Gasteiger partial charge in [-0.25, -0.2) is 9.97 Å². The van der Waals surface area contributed by atoms with Crippen molar-refractivity contribution >= 4 is 65.3 Å². The second-order valence-corrected chi connectivity index (χ2v) is 9.58. The van der Waals surface area contributed by atoms with Crippen LogP contribution in [0.1, 0.15) is 16.1 Å². The second kappa shape index (κ2) is 14.4. The predicted molar refractivity (Wildman–Crippen MR) is 161 cm³/mol. The van der Waals surface area contributed by atoms with Crippen LogP contribution < -0.4 is 5.32 Å². The molecular formula is C25H28Cl3N7O3S. The standard InChI is InChI=1S/C25H25N7O3S.3ClH/c1-30-11-13-31(14-12-30)16-17-2-4-18(5-3-17)21-22(24(33)29-25-26-10-15-36-25)28-23(27-21)19-6-8-20(9-7-19)32(34)35;;;/h2-10,15H,11-14,16H2,1H3,(H,27,28)(H,26,29,33);3*1H. The SMILES string of the molecule is CN1CCN(Cc2ccc(-c3nc(-c4ccc([N+](=O)[O-])cc4)[nH]c3C(=O)Nc3nccs3)cc2)CC1.Cl.Cl.Cl. The molecule has 4 aromatic rings. The Morgan fingerprint density at radius 3 is 2.26 bits per heavy atom. The normalized spacial score (nSPS) is 13.5. The van der Waals surface area contributed by atoms with Crippen LogP contribution in [0.5, 0.6) is 0 Å². The molecule has 2 N–H and O–H groups in total. The Labute approximate surface area is 248 Å². The summed E-state index contributed by atoms with van der Waals surface area (Å²) < 4.78 is 0. The Balaban J connectivity index is 0.00000178. The van der Waals surface area contributed by atoms with E-state index in [0.29, 0.717) is 27.9 Å². The van der Waals surface area contributed by atoms with E-state index in [1.807, 2.05) is 12.1 Å². The number of nitro benzene ring substituents is 1. The Bertz CT molecular complexity index is 1360. The van der Waals surface area contributed by atoms with E-state index in [1.54, 1.807) is 23.7 Å². The fourth-order valence-electron chi connectivity index (χ4n) is 4.10. The first-order valence-corrected chi connectivity index (χ1v) is 12.4. The summed E-state index contributed by atoms with van der Waals surface area (Å²) in [6.07, 6.45) is 1.62. The number of piperazine rings is 1. The molecule has 14 heteroatoms. The zero-order valence-corrected chi connectivity index (χ0v) is 24.2. The largest absolute Gasteiger partial charge is 0.333 e. The molecule has 0 saturated carbocycles. The number of aromatic nitrogens is 3. The number of nitrogens with zero attached hydrogens (tertiary/aromatic N) is 5. The van der Waals surface area contributed by atoms with Crippen LogP contribution in [0.25, 0.3) is 22.6 Å². The van der Waals surface area contributed by atoms with Gasteiger partial charge in [0.05, 0.1) is 4.92 Å².